The summed E-state index contributed by atoms with van der Waals surface area (Å²) in [6, 6.07) is 15.6. The molecule has 0 aliphatic carbocycles. The molecule has 0 unspecified atom stereocenters. The van der Waals surface area contributed by atoms with Gasteiger partial charge in [0.2, 0.25) is 11.0 Å². The Morgan fingerprint density at radius 2 is 1.89 bits per heavy atom. The zero-order valence-corrected chi connectivity index (χ0v) is 16.3. The highest BCUT2D eigenvalue weighted by Gasteiger charge is 2.16. The van der Waals surface area contributed by atoms with Crippen molar-refractivity contribution in [3.63, 3.8) is 0 Å². The molecule has 0 radical (unpaired) electrons. The van der Waals surface area contributed by atoms with Crippen LogP contribution in [0, 0.1) is 6.92 Å². The Bertz CT molecular complexity index is 1090. The van der Waals surface area contributed by atoms with E-state index in [0.29, 0.717) is 28.4 Å². The molecule has 0 saturated carbocycles. The first-order valence-corrected chi connectivity index (χ1v) is 9.62. The van der Waals surface area contributed by atoms with Crippen molar-refractivity contribution in [2.45, 2.75) is 17.8 Å². The highest BCUT2D eigenvalue weighted by molar-refractivity contribution is 7.98. The third kappa shape index (κ3) is 3.59. The van der Waals surface area contributed by atoms with Gasteiger partial charge in [-0.15, -0.1) is 10.2 Å². The number of para-hydroxylation sites is 1. The van der Waals surface area contributed by atoms with Crippen molar-refractivity contribution in [3.05, 3.63) is 66.1 Å². The second-order valence-electron chi connectivity index (χ2n) is 6.18. The Hall–Kier alpha value is -3.26. The fraction of sp³-hybridized carbons (Fsp3) is 0.150. The van der Waals surface area contributed by atoms with Gasteiger partial charge < -0.3 is 15.0 Å². The van der Waals surface area contributed by atoms with Gasteiger partial charge in [0.1, 0.15) is 12.0 Å². The molecule has 0 atom stereocenters. The van der Waals surface area contributed by atoms with Gasteiger partial charge in [-0.1, -0.05) is 41.6 Å². The van der Waals surface area contributed by atoms with Crippen LogP contribution in [0.5, 0.6) is 5.75 Å². The lowest BCUT2D eigenvalue weighted by atomic mass is 10.1. The molecule has 0 fully saturated rings. The van der Waals surface area contributed by atoms with E-state index in [1.54, 1.807) is 13.4 Å². The van der Waals surface area contributed by atoms with Crippen molar-refractivity contribution < 1.29 is 9.15 Å². The van der Waals surface area contributed by atoms with Gasteiger partial charge in [-0.2, -0.15) is 0 Å². The Labute approximate surface area is 166 Å². The lowest BCUT2D eigenvalue weighted by Gasteiger charge is -2.07. The lowest BCUT2D eigenvalue weighted by molar-refractivity contribution is 0.416. The van der Waals surface area contributed by atoms with Crippen LogP contribution in [0.1, 0.15) is 11.3 Å². The molecule has 7 nitrogen and oxygen atoms in total. The second kappa shape index (κ2) is 7.77. The Morgan fingerprint density at radius 3 is 2.68 bits per heavy atom. The molecule has 0 saturated heterocycles. The molecule has 0 aliphatic rings. The molecule has 28 heavy (non-hydrogen) atoms. The topological polar surface area (TPSA) is 92.0 Å². The van der Waals surface area contributed by atoms with Crippen LogP contribution >= 0.6 is 11.8 Å². The third-order valence-electron chi connectivity index (χ3n) is 4.21. The fourth-order valence-corrected chi connectivity index (χ4v) is 3.46. The number of rotatable bonds is 6. The molecular weight excluding hydrogens is 374 g/mol. The van der Waals surface area contributed by atoms with Gasteiger partial charge in [-0.3, -0.25) is 0 Å². The van der Waals surface area contributed by atoms with E-state index in [-0.39, 0.29) is 0 Å². The SMILES string of the molecule is COc1ccccc1-c1nnc(SCc2coc(-c3ccc(C)cc3)n2)n1N. The van der Waals surface area contributed by atoms with Crippen LogP contribution in [0.4, 0.5) is 0 Å². The average Bonchev–Trinajstić information content (AvgIpc) is 3.34. The van der Waals surface area contributed by atoms with Crippen molar-refractivity contribution in [2.75, 3.05) is 13.0 Å². The molecule has 4 aromatic rings. The molecule has 2 heterocycles. The lowest BCUT2D eigenvalue weighted by Crippen LogP contribution is -2.12. The summed E-state index contributed by atoms with van der Waals surface area (Å²) < 4.78 is 12.4. The smallest absolute Gasteiger partial charge is 0.226 e. The molecular formula is C20H19N5O2S. The van der Waals surface area contributed by atoms with Gasteiger partial charge in [-0.25, -0.2) is 9.66 Å². The minimum absolute atomic E-state index is 0.542. The molecule has 142 valence electrons. The van der Waals surface area contributed by atoms with E-state index in [0.717, 1.165) is 16.8 Å². The molecule has 0 bridgehead atoms. The normalized spacial score (nSPS) is 10.9. The highest BCUT2D eigenvalue weighted by Crippen LogP contribution is 2.30. The monoisotopic (exact) mass is 393 g/mol. The maximum Gasteiger partial charge on any atom is 0.226 e. The summed E-state index contributed by atoms with van der Waals surface area (Å²) in [4.78, 5) is 4.54. The maximum absolute atomic E-state index is 6.20. The Kier molecular flexibility index (Phi) is 5.03. The standard InChI is InChI=1S/C20H19N5O2S/c1-13-7-9-14(10-8-13)19-22-15(11-27-19)12-28-20-24-23-18(25(20)21)16-5-3-4-6-17(16)26-2/h3-11H,12,21H2,1-2H3. The number of hydrogen-bond donors (Lipinski definition) is 1. The number of nitrogens with two attached hydrogens (primary N) is 1. The summed E-state index contributed by atoms with van der Waals surface area (Å²) in [7, 11) is 1.61. The van der Waals surface area contributed by atoms with E-state index in [1.807, 2.05) is 55.5 Å². The number of oxazole rings is 1. The Balaban J connectivity index is 1.49. The van der Waals surface area contributed by atoms with Crippen molar-refractivity contribution in [3.8, 4) is 28.6 Å². The number of hydrogen-bond acceptors (Lipinski definition) is 7. The molecule has 8 heteroatoms. The van der Waals surface area contributed by atoms with Gasteiger partial charge in [-0.05, 0) is 31.2 Å². The van der Waals surface area contributed by atoms with Gasteiger partial charge in [0.25, 0.3) is 0 Å². The summed E-state index contributed by atoms with van der Waals surface area (Å²) in [5, 5.41) is 8.99. The average molecular weight is 393 g/mol. The van der Waals surface area contributed by atoms with Crippen LogP contribution in [0.25, 0.3) is 22.8 Å². The zero-order valence-electron chi connectivity index (χ0n) is 15.5. The number of nitrogen functional groups attached to an aromatic ring is 1. The van der Waals surface area contributed by atoms with E-state index in [9.17, 15) is 0 Å². The van der Waals surface area contributed by atoms with Crippen LogP contribution in [0.2, 0.25) is 0 Å². The first-order chi connectivity index (χ1) is 13.7. The van der Waals surface area contributed by atoms with E-state index in [4.69, 9.17) is 15.0 Å². The summed E-state index contributed by atoms with van der Waals surface area (Å²) >= 11 is 1.44. The van der Waals surface area contributed by atoms with Crippen molar-refractivity contribution in [1.82, 2.24) is 19.9 Å². The minimum Gasteiger partial charge on any atom is -0.496 e. The molecule has 0 aliphatic heterocycles. The van der Waals surface area contributed by atoms with Crippen LogP contribution in [0.15, 0.2) is 64.4 Å². The van der Waals surface area contributed by atoms with Gasteiger partial charge in [0, 0.05) is 11.3 Å². The number of aromatic nitrogens is 4. The van der Waals surface area contributed by atoms with Gasteiger partial charge in [0.15, 0.2) is 5.82 Å². The van der Waals surface area contributed by atoms with Crippen molar-refractivity contribution >= 4 is 11.8 Å². The molecule has 0 amide bonds. The summed E-state index contributed by atoms with van der Waals surface area (Å²) in [5.41, 5.74) is 3.74. The Morgan fingerprint density at radius 1 is 1.11 bits per heavy atom. The highest BCUT2D eigenvalue weighted by atomic mass is 32.2. The second-order valence-corrected chi connectivity index (χ2v) is 7.12. The zero-order chi connectivity index (χ0) is 19.5. The molecule has 2 N–H and O–H groups in total. The first kappa shape index (κ1) is 18.1. The molecule has 4 rings (SSSR count). The largest absolute Gasteiger partial charge is 0.496 e. The third-order valence-corrected chi connectivity index (χ3v) is 5.19. The quantitative estimate of drug-likeness (QED) is 0.392. The number of ether oxygens (including phenoxy) is 1. The van der Waals surface area contributed by atoms with E-state index < -0.39 is 0 Å². The van der Waals surface area contributed by atoms with Crippen LogP contribution in [-0.4, -0.2) is 27.0 Å². The number of thioether (sulfide) groups is 1. The van der Waals surface area contributed by atoms with Crippen molar-refractivity contribution in [2.24, 2.45) is 0 Å². The number of aryl methyl sites for hydroxylation is 1. The van der Waals surface area contributed by atoms with E-state index >= 15 is 0 Å². The molecule has 2 aromatic carbocycles. The van der Waals surface area contributed by atoms with Crippen LogP contribution in [-0.2, 0) is 5.75 Å². The van der Waals surface area contributed by atoms with Crippen LogP contribution < -0.4 is 10.6 Å². The maximum atomic E-state index is 6.20. The minimum atomic E-state index is 0.542. The van der Waals surface area contributed by atoms with Gasteiger partial charge >= 0.3 is 0 Å². The molecule has 0 spiro atoms. The predicted molar refractivity (Wildman–Crippen MR) is 108 cm³/mol. The summed E-state index contributed by atoms with van der Waals surface area (Å²) in [6.45, 7) is 2.05. The molecule has 2 aromatic heterocycles. The number of methoxy groups -OCH3 is 1. The predicted octanol–water partition coefficient (Wildman–Crippen LogP) is 3.92. The van der Waals surface area contributed by atoms with Gasteiger partial charge in [0.05, 0.1) is 18.4 Å². The number of benzene rings is 2. The van der Waals surface area contributed by atoms with E-state index in [1.165, 1.54) is 22.0 Å². The number of nitrogens with zero attached hydrogens (tertiary/aromatic N) is 4. The first-order valence-electron chi connectivity index (χ1n) is 8.64. The fourth-order valence-electron chi connectivity index (χ4n) is 2.73. The summed E-state index contributed by atoms with van der Waals surface area (Å²) in [5.74, 6) is 8.60. The van der Waals surface area contributed by atoms with Crippen LogP contribution in [0.3, 0.4) is 0 Å². The summed E-state index contributed by atoms with van der Waals surface area (Å²) in [6.07, 6.45) is 1.65. The van der Waals surface area contributed by atoms with Crippen molar-refractivity contribution in [1.29, 1.82) is 0 Å². The van der Waals surface area contributed by atoms with E-state index in [2.05, 4.69) is 15.2 Å².